The number of carboxylic acids is 1. The molecule has 15 heteroatoms. The van der Waals surface area contributed by atoms with E-state index in [9.17, 15) is 31.5 Å². The number of anilines is 1. The lowest BCUT2D eigenvalue weighted by atomic mass is 9.76. The van der Waals surface area contributed by atoms with E-state index in [1.165, 1.54) is 16.6 Å². The van der Waals surface area contributed by atoms with Crippen LogP contribution in [0.15, 0.2) is 53.7 Å². The first kappa shape index (κ1) is 32.2. The van der Waals surface area contributed by atoms with Crippen LogP contribution in [0, 0.1) is 12.3 Å². The summed E-state index contributed by atoms with van der Waals surface area (Å²) in [5, 5.41) is 17.2. The zero-order chi connectivity index (χ0) is 33.2. The molecule has 1 fully saturated rings. The molecule has 2 atom stereocenters. The molecule has 5 heterocycles. The maximum absolute atomic E-state index is 14.2. The number of aryl methyl sites for hydroxylation is 1. The van der Waals surface area contributed by atoms with Crippen LogP contribution in [0.4, 0.5) is 19.0 Å². The highest BCUT2D eigenvalue weighted by Gasteiger charge is 2.46. The standard InChI is InChI=1S/C31H32ClF3N6O4S/c1-18-21(9-13-41-27(18)37-38-29(41)31(33,34)35)22(15-26(42)43)19-7-8-23(32)20(14-19)16-39-17-25-30(2,3)10-5-12-40(25)28-24(46(39,44)45)6-4-11-36-28/h4,6-9,11,13-14,22,25H,5,10,12,15-17H2,1-3H3,(H,42,43). The van der Waals surface area contributed by atoms with E-state index in [-0.39, 0.29) is 41.5 Å². The van der Waals surface area contributed by atoms with Gasteiger partial charge in [-0.15, -0.1) is 10.2 Å². The molecule has 10 nitrogen and oxygen atoms in total. The highest BCUT2D eigenvalue weighted by molar-refractivity contribution is 7.89. The molecule has 0 spiro atoms. The molecule has 1 saturated heterocycles. The lowest BCUT2D eigenvalue weighted by molar-refractivity contribution is -0.145. The van der Waals surface area contributed by atoms with Gasteiger partial charge >= 0.3 is 12.1 Å². The molecule has 46 heavy (non-hydrogen) atoms. The molecule has 0 amide bonds. The largest absolute Gasteiger partial charge is 0.481 e. The monoisotopic (exact) mass is 676 g/mol. The Labute approximate surface area is 268 Å². The lowest BCUT2D eigenvalue weighted by Gasteiger charge is -2.47. The van der Waals surface area contributed by atoms with Crippen LogP contribution in [0.3, 0.4) is 0 Å². The van der Waals surface area contributed by atoms with Gasteiger partial charge in [0.2, 0.25) is 15.8 Å². The molecule has 2 aliphatic rings. The van der Waals surface area contributed by atoms with Gasteiger partial charge in [0.1, 0.15) is 10.7 Å². The predicted octanol–water partition coefficient (Wildman–Crippen LogP) is 5.91. The number of carbonyl (C=O) groups is 1. The Balaban J connectivity index is 1.42. The number of sulfonamides is 1. The van der Waals surface area contributed by atoms with Crippen LogP contribution in [0.2, 0.25) is 5.02 Å². The molecule has 0 aliphatic carbocycles. The van der Waals surface area contributed by atoms with Gasteiger partial charge in [0.25, 0.3) is 0 Å². The number of benzene rings is 1. The maximum Gasteiger partial charge on any atom is 0.452 e. The van der Waals surface area contributed by atoms with Gasteiger partial charge in [-0.1, -0.05) is 37.6 Å². The van der Waals surface area contributed by atoms with Crippen molar-refractivity contribution in [3.63, 3.8) is 0 Å². The van der Waals surface area contributed by atoms with E-state index in [1.54, 1.807) is 43.5 Å². The number of aromatic nitrogens is 4. The Bertz CT molecular complexity index is 1950. The molecule has 1 aromatic carbocycles. The number of nitrogens with zero attached hydrogens (tertiary/aromatic N) is 6. The summed E-state index contributed by atoms with van der Waals surface area (Å²) in [6, 6.07) is 9.35. The van der Waals surface area contributed by atoms with E-state index in [0.717, 1.165) is 17.2 Å². The SMILES string of the molecule is Cc1c(C(CC(=O)O)c2ccc(Cl)c(CN3CC4N(CCCC4(C)C)c4ncccc4S3(=O)=O)c2)ccn2c(C(F)(F)F)nnc12. The minimum atomic E-state index is -4.73. The van der Waals surface area contributed by atoms with Gasteiger partial charge in [-0.05, 0) is 71.7 Å². The molecule has 6 rings (SSSR count). The predicted molar refractivity (Wildman–Crippen MR) is 164 cm³/mol. The van der Waals surface area contributed by atoms with E-state index in [4.69, 9.17) is 11.6 Å². The summed E-state index contributed by atoms with van der Waals surface area (Å²) in [5.74, 6) is -2.69. The van der Waals surface area contributed by atoms with Gasteiger partial charge in [-0.25, -0.2) is 13.4 Å². The van der Waals surface area contributed by atoms with Gasteiger partial charge in [-0.3, -0.25) is 9.20 Å². The number of carboxylic acid groups (broad SMARTS) is 1. The molecule has 0 radical (unpaired) electrons. The van der Waals surface area contributed by atoms with Crippen LogP contribution in [0.25, 0.3) is 5.65 Å². The summed E-state index contributed by atoms with van der Waals surface area (Å²) in [5.41, 5.74) is 1.51. The minimum Gasteiger partial charge on any atom is -0.481 e. The van der Waals surface area contributed by atoms with Crippen molar-refractivity contribution in [2.45, 2.75) is 69.6 Å². The van der Waals surface area contributed by atoms with E-state index >= 15 is 0 Å². The van der Waals surface area contributed by atoms with Gasteiger partial charge in [0.15, 0.2) is 5.65 Å². The summed E-state index contributed by atoms with van der Waals surface area (Å²) in [6.45, 7) is 6.60. The highest BCUT2D eigenvalue weighted by Crippen LogP contribution is 2.43. The van der Waals surface area contributed by atoms with Gasteiger partial charge in [0.05, 0.1) is 6.42 Å². The fourth-order valence-electron chi connectivity index (χ4n) is 6.80. The second kappa shape index (κ2) is 11.5. The number of hydrogen-bond donors (Lipinski definition) is 1. The van der Waals surface area contributed by atoms with Crippen molar-refractivity contribution in [2.24, 2.45) is 5.41 Å². The number of aliphatic carboxylic acids is 1. The third-order valence-corrected chi connectivity index (χ3v) is 11.4. The Morgan fingerprint density at radius 1 is 1.20 bits per heavy atom. The van der Waals surface area contributed by atoms with E-state index in [2.05, 4.69) is 33.9 Å². The molecular weight excluding hydrogens is 645 g/mol. The fourth-order valence-corrected chi connectivity index (χ4v) is 8.55. The normalized spacial score (nSPS) is 20.2. The Hall–Kier alpha value is -3.75. The number of fused-ring (bicyclic) bond motifs is 4. The average Bonchev–Trinajstić information content (AvgIpc) is 3.40. The fraction of sp³-hybridized carbons (Fsp3) is 0.419. The van der Waals surface area contributed by atoms with Crippen LogP contribution in [0.5, 0.6) is 0 Å². The number of alkyl halides is 3. The zero-order valence-corrected chi connectivity index (χ0v) is 26.9. The first-order chi connectivity index (χ1) is 21.6. The van der Waals surface area contributed by atoms with Crippen molar-refractivity contribution < 1.29 is 31.5 Å². The zero-order valence-electron chi connectivity index (χ0n) is 25.3. The van der Waals surface area contributed by atoms with Crippen molar-refractivity contribution in [3.05, 3.63) is 81.9 Å². The second-order valence-electron chi connectivity index (χ2n) is 12.5. The van der Waals surface area contributed by atoms with Crippen molar-refractivity contribution >= 4 is 39.1 Å². The summed E-state index contributed by atoms with van der Waals surface area (Å²) in [4.78, 5) is 18.8. The van der Waals surface area contributed by atoms with Crippen molar-refractivity contribution in [1.82, 2.24) is 23.9 Å². The molecule has 2 aliphatic heterocycles. The van der Waals surface area contributed by atoms with Crippen molar-refractivity contribution in [2.75, 3.05) is 18.0 Å². The van der Waals surface area contributed by atoms with Crippen molar-refractivity contribution in [1.29, 1.82) is 0 Å². The van der Waals surface area contributed by atoms with E-state index < -0.39 is 33.9 Å². The third kappa shape index (κ3) is 5.60. The third-order valence-electron chi connectivity index (χ3n) is 9.21. The van der Waals surface area contributed by atoms with Crippen LogP contribution >= 0.6 is 11.6 Å². The van der Waals surface area contributed by atoms with E-state index in [1.807, 2.05) is 0 Å². The molecule has 4 aromatic rings. The number of pyridine rings is 2. The molecule has 2 unspecified atom stereocenters. The number of piperidine rings is 1. The van der Waals surface area contributed by atoms with E-state index in [0.29, 0.717) is 39.6 Å². The lowest BCUT2D eigenvalue weighted by Crippen LogP contribution is -2.54. The summed E-state index contributed by atoms with van der Waals surface area (Å²) in [6.07, 6.45) is -0.529. The Morgan fingerprint density at radius 3 is 2.67 bits per heavy atom. The average molecular weight is 677 g/mol. The minimum absolute atomic E-state index is 0.0445. The smallest absolute Gasteiger partial charge is 0.452 e. The number of halogens is 4. The Morgan fingerprint density at radius 2 is 1.96 bits per heavy atom. The summed E-state index contributed by atoms with van der Waals surface area (Å²) >= 11 is 6.67. The topological polar surface area (TPSA) is 121 Å². The maximum atomic E-state index is 14.2. The van der Waals surface area contributed by atoms with Gasteiger partial charge in [0, 0.05) is 49.0 Å². The molecule has 0 bridgehead atoms. The highest BCUT2D eigenvalue weighted by atomic mass is 35.5. The van der Waals surface area contributed by atoms with Crippen LogP contribution in [0.1, 0.15) is 67.1 Å². The summed E-state index contributed by atoms with van der Waals surface area (Å²) < 4.78 is 71.0. The summed E-state index contributed by atoms with van der Waals surface area (Å²) in [7, 11) is -4.02. The molecule has 1 N–H and O–H groups in total. The molecule has 3 aromatic heterocycles. The number of rotatable bonds is 6. The van der Waals surface area contributed by atoms with Crippen LogP contribution in [-0.2, 0) is 27.5 Å². The second-order valence-corrected chi connectivity index (χ2v) is 14.8. The number of hydrogen-bond acceptors (Lipinski definition) is 7. The first-order valence-corrected chi connectivity index (χ1v) is 16.5. The van der Waals surface area contributed by atoms with Crippen LogP contribution in [-0.4, -0.2) is 62.5 Å². The van der Waals surface area contributed by atoms with Gasteiger partial charge in [-0.2, -0.15) is 17.5 Å². The first-order valence-electron chi connectivity index (χ1n) is 14.7. The molecule has 0 saturated carbocycles. The molecule has 244 valence electrons. The molecular formula is C31H32ClF3N6O4S. The van der Waals surface area contributed by atoms with Crippen LogP contribution < -0.4 is 4.90 Å². The quantitative estimate of drug-likeness (QED) is 0.268. The van der Waals surface area contributed by atoms with Gasteiger partial charge < -0.3 is 10.0 Å². The van der Waals surface area contributed by atoms with Crippen molar-refractivity contribution in [3.8, 4) is 0 Å². The Kier molecular flexibility index (Phi) is 8.05.